The zero-order chi connectivity index (χ0) is 22.5. The number of rotatable bonds is 8. The fourth-order valence-electron chi connectivity index (χ4n) is 4.20. The van der Waals surface area contributed by atoms with E-state index in [1.165, 1.54) is 12.1 Å². The quantitative estimate of drug-likeness (QED) is 0.516. The Morgan fingerprint density at radius 3 is 2.12 bits per heavy atom. The number of aliphatic carboxylic acids is 1. The number of nitrogens with one attached hydrogen (secondary N) is 1. The molecule has 3 aromatic rings. The lowest BCUT2D eigenvalue weighted by atomic mass is 9.98. The average Bonchev–Trinajstić information content (AvgIpc) is 3.12. The number of carbonyl (C=O) groups is 2. The zero-order valence-electron chi connectivity index (χ0n) is 17.5. The van der Waals surface area contributed by atoms with Gasteiger partial charge in [0, 0.05) is 5.92 Å². The Bertz CT molecular complexity index is 1070. The number of carboxylic acid groups (broad SMARTS) is 1. The summed E-state index contributed by atoms with van der Waals surface area (Å²) in [5.74, 6) is -1.51. The van der Waals surface area contributed by atoms with E-state index < -0.39 is 18.1 Å². The van der Waals surface area contributed by atoms with Crippen LogP contribution in [0.1, 0.15) is 35.4 Å². The van der Waals surface area contributed by atoms with Crippen molar-refractivity contribution >= 4 is 12.1 Å². The van der Waals surface area contributed by atoms with E-state index in [1.807, 2.05) is 36.4 Å². The maximum Gasteiger partial charge on any atom is 0.407 e. The SMILES string of the molecule is O=C(N[C@H](CCCc1ccc(F)cc1)C(=O)O)OCC1c2ccccc2-c2ccccc21. The van der Waals surface area contributed by atoms with Gasteiger partial charge >= 0.3 is 12.1 Å². The summed E-state index contributed by atoms with van der Waals surface area (Å²) < 4.78 is 18.4. The van der Waals surface area contributed by atoms with Gasteiger partial charge in [0.1, 0.15) is 18.5 Å². The minimum atomic E-state index is -1.11. The van der Waals surface area contributed by atoms with Crippen molar-refractivity contribution in [3.63, 3.8) is 0 Å². The maximum atomic E-state index is 13.0. The summed E-state index contributed by atoms with van der Waals surface area (Å²) in [6, 6.07) is 21.1. The van der Waals surface area contributed by atoms with E-state index in [2.05, 4.69) is 17.4 Å². The molecule has 0 spiro atoms. The standard InChI is InChI=1S/C26H24FNO4/c27-18-14-12-17(13-15-18)6-5-11-24(25(29)30)28-26(31)32-16-23-21-9-3-1-7-19(21)20-8-2-4-10-22(20)23/h1-4,7-10,12-15,23-24H,5-6,11,16H2,(H,28,31)(H,29,30)/t24-/m1/s1. The number of alkyl carbamates (subject to hydrolysis) is 1. The molecule has 0 fully saturated rings. The lowest BCUT2D eigenvalue weighted by Crippen LogP contribution is -2.41. The van der Waals surface area contributed by atoms with Crippen molar-refractivity contribution in [3.8, 4) is 11.1 Å². The van der Waals surface area contributed by atoms with Gasteiger partial charge in [-0.25, -0.2) is 14.0 Å². The third kappa shape index (κ3) is 4.80. The molecule has 1 atom stereocenters. The molecule has 5 nitrogen and oxygen atoms in total. The first kappa shape index (κ1) is 21.6. The number of fused-ring (bicyclic) bond motifs is 3. The first-order valence-electron chi connectivity index (χ1n) is 10.6. The molecule has 1 aliphatic rings. The number of hydrogen-bond acceptors (Lipinski definition) is 3. The van der Waals surface area contributed by atoms with Gasteiger partial charge in [-0.15, -0.1) is 0 Å². The van der Waals surface area contributed by atoms with Crippen LogP contribution in [-0.4, -0.2) is 29.8 Å². The van der Waals surface area contributed by atoms with E-state index in [-0.39, 0.29) is 24.8 Å². The zero-order valence-corrected chi connectivity index (χ0v) is 17.5. The van der Waals surface area contributed by atoms with Crippen LogP contribution < -0.4 is 5.32 Å². The molecule has 0 aliphatic heterocycles. The molecule has 0 bridgehead atoms. The summed E-state index contributed by atoms with van der Waals surface area (Å²) in [6.07, 6.45) is 0.626. The molecule has 0 radical (unpaired) electrons. The molecule has 0 aromatic heterocycles. The van der Waals surface area contributed by atoms with Gasteiger partial charge in [-0.2, -0.15) is 0 Å². The van der Waals surface area contributed by atoms with Crippen LogP contribution in [0.2, 0.25) is 0 Å². The fourth-order valence-corrected chi connectivity index (χ4v) is 4.20. The molecule has 6 heteroatoms. The Morgan fingerprint density at radius 1 is 0.938 bits per heavy atom. The second-order valence-corrected chi connectivity index (χ2v) is 7.88. The molecule has 0 saturated heterocycles. The topological polar surface area (TPSA) is 75.6 Å². The van der Waals surface area contributed by atoms with Gasteiger partial charge in [0.25, 0.3) is 0 Å². The number of hydrogen-bond donors (Lipinski definition) is 2. The van der Waals surface area contributed by atoms with Gasteiger partial charge in [-0.3, -0.25) is 0 Å². The van der Waals surface area contributed by atoms with Crippen LogP contribution >= 0.6 is 0 Å². The van der Waals surface area contributed by atoms with E-state index in [0.29, 0.717) is 12.8 Å². The van der Waals surface area contributed by atoms with Crippen LogP contribution in [0.4, 0.5) is 9.18 Å². The number of ether oxygens (including phenoxy) is 1. The maximum absolute atomic E-state index is 13.0. The highest BCUT2D eigenvalue weighted by Crippen LogP contribution is 2.44. The predicted molar refractivity (Wildman–Crippen MR) is 119 cm³/mol. The summed E-state index contributed by atoms with van der Waals surface area (Å²) in [6.45, 7) is 0.127. The van der Waals surface area contributed by atoms with Crippen molar-refractivity contribution in [2.24, 2.45) is 0 Å². The first-order valence-corrected chi connectivity index (χ1v) is 10.6. The monoisotopic (exact) mass is 433 g/mol. The summed E-state index contributed by atoms with van der Waals surface area (Å²) in [4.78, 5) is 24.0. The van der Waals surface area contributed by atoms with E-state index in [0.717, 1.165) is 27.8 Å². The van der Waals surface area contributed by atoms with Crippen molar-refractivity contribution in [1.29, 1.82) is 0 Å². The fraction of sp³-hybridized carbons (Fsp3) is 0.231. The smallest absolute Gasteiger partial charge is 0.407 e. The van der Waals surface area contributed by atoms with Crippen molar-refractivity contribution in [2.75, 3.05) is 6.61 Å². The normalized spacial score (nSPS) is 13.2. The largest absolute Gasteiger partial charge is 0.480 e. The van der Waals surface area contributed by atoms with E-state index in [9.17, 15) is 19.1 Å². The molecule has 164 valence electrons. The van der Waals surface area contributed by atoms with Crippen molar-refractivity contribution in [2.45, 2.75) is 31.2 Å². The summed E-state index contributed by atoms with van der Waals surface area (Å²) in [5, 5.41) is 11.9. The van der Waals surface area contributed by atoms with Gasteiger partial charge in [0.15, 0.2) is 0 Å². The third-order valence-corrected chi connectivity index (χ3v) is 5.81. The Labute approximate surface area is 185 Å². The van der Waals surface area contributed by atoms with E-state index >= 15 is 0 Å². The van der Waals surface area contributed by atoms with Gasteiger partial charge < -0.3 is 15.2 Å². The van der Waals surface area contributed by atoms with Crippen molar-refractivity contribution in [1.82, 2.24) is 5.32 Å². The Morgan fingerprint density at radius 2 is 1.53 bits per heavy atom. The van der Waals surface area contributed by atoms with Crippen LogP contribution in [-0.2, 0) is 16.0 Å². The number of carbonyl (C=O) groups excluding carboxylic acids is 1. The molecule has 32 heavy (non-hydrogen) atoms. The van der Waals surface area contributed by atoms with Gasteiger partial charge in [0.05, 0.1) is 0 Å². The predicted octanol–water partition coefficient (Wildman–Crippen LogP) is 5.14. The number of carboxylic acids is 1. The molecule has 0 heterocycles. The van der Waals surface area contributed by atoms with Crippen LogP contribution in [0, 0.1) is 5.82 Å². The van der Waals surface area contributed by atoms with Crippen LogP contribution in [0.25, 0.3) is 11.1 Å². The molecule has 0 unspecified atom stereocenters. The Balaban J connectivity index is 1.33. The third-order valence-electron chi connectivity index (χ3n) is 5.81. The molecule has 1 amide bonds. The lowest BCUT2D eigenvalue weighted by molar-refractivity contribution is -0.139. The summed E-state index contributed by atoms with van der Waals surface area (Å²) in [7, 11) is 0. The highest BCUT2D eigenvalue weighted by atomic mass is 19.1. The highest BCUT2D eigenvalue weighted by Gasteiger charge is 2.29. The van der Waals surface area contributed by atoms with Gasteiger partial charge in [-0.05, 0) is 59.2 Å². The second kappa shape index (κ2) is 9.64. The lowest BCUT2D eigenvalue weighted by Gasteiger charge is -2.17. The molecular weight excluding hydrogens is 409 g/mol. The second-order valence-electron chi connectivity index (χ2n) is 7.88. The van der Waals surface area contributed by atoms with Crippen molar-refractivity contribution < 1.29 is 23.8 Å². The average molecular weight is 433 g/mol. The number of halogens is 1. The van der Waals surface area contributed by atoms with Crippen molar-refractivity contribution in [3.05, 3.63) is 95.3 Å². The molecule has 1 aliphatic carbocycles. The van der Waals surface area contributed by atoms with E-state index in [1.54, 1.807) is 12.1 Å². The molecule has 0 saturated carbocycles. The minimum Gasteiger partial charge on any atom is -0.480 e. The minimum absolute atomic E-state index is 0.0881. The number of amides is 1. The Kier molecular flexibility index (Phi) is 6.50. The van der Waals surface area contributed by atoms with Crippen LogP contribution in [0.3, 0.4) is 0 Å². The summed E-state index contributed by atoms with van der Waals surface area (Å²) >= 11 is 0. The molecule has 4 rings (SSSR count). The van der Waals surface area contributed by atoms with Gasteiger partial charge in [0.2, 0.25) is 0 Å². The molecular formula is C26H24FNO4. The summed E-state index contributed by atoms with van der Waals surface area (Å²) in [5.41, 5.74) is 5.35. The number of aryl methyl sites for hydroxylation is 1. The van der Waals surface area contributed by atoms with Gasteiger partial charge in [-0.1, -0.05) is 60.7 Å². The number of benzene rings is 3. The Hall–Kier alpha value is -3.67. The molecule has 3 aromatic carbocycles. The highest BCUT2D eigenvalue weighted by molar-refractivity contribution is 5.81. The van der Waals surface area contributed by atoms with Crippen LogP contribution in [0.15, 0.2) is 72.8 Å². The van der Waals surface area contributed by atoms with Crippen LogP contribution in [0.5, 0.6) is 0 Å². The first-order chi connectivity index (χ1) is 15.5. The van der Waals surface area contributed by atoms with E-state index in [4.69, 9.17) is 4.74 Å². The molecule has 2 N–H and O–H groups in total.